The number of aliphatic hydroxyl groups is 1. The summed E-state index contributed by atoms with van der Waals surface area (Å²) in [5, 5.41) is 17.7. The number of benzene rings is 1. The number of hydrogen-bond donors (Lipinski definition) is 2. The van der Waals surface area contributed by atoms with Gasteiger partial charge in [-0.05, 0) is 5.56 Å². The van der Waals surface area contributed by atoms with Gasteiger partial charge in [0.15, 0.2) is 0 Å². The molecule has 1 aromatic rings. The number of halogens is 2. The van der Waals surface area contributed by atoms with E-state index in [2.05, 4.69) is 0 Å². The number of nitrogens with zero attached hydrogens (tertiary/aromatic N) is 1. The molecular formula is C10H10Cl2NO3+. The SMILES string of the molecule is O=[N+](O)c1ccc(C2C(CO)C2(Cl)Cl)cc1. The lowest BCUT2D eigenvalue weighted by molar-refractivity contribution is -0.729. The molecule has 1 aliphatic rings. The molecule has 0 aromatic heterocycles. The second-order valence-electron chi connectivity index (χ2n) is 3.81. The first-order chi connectivity index (χ1) is 7.48. The predicted molar refractivity (Wildman–Crippen MR) is 59.3 cm³/mol. The Morgan fingerprint density at radius 1 is 1.31 bits per heavy atom. The van der Waals surface area contributed by atoms with E-state index in [1.165, 1.54) is 12.1 Å². The molecule has 1 fully saturated rings. The molecule has 1 aromatic carbocycles. The fourth-order valence-corrected chi connectivity index (χ4v) is 2.70. The van der Waals surface area contributed by atoms with E-state index in [9.17, 15) is 4.91 Å². The standard InChI is InChI=1S/C10H10Cl2NO3/c11-10(12)8(5-14)9(10)6-1-3-7(4-2-6)13(15)16/h1-4,8-9,14H,5H2,(H,15,16)/q+1. The third kappa shape index (κ3) is 1.77. The van der Waals surface area contributed by atoms with E-state index in [4.69, 9.17) is 33.5 Å². The molecular weight excluding hydrogens is 253 g/mol. The third-order valence-electron chi connectivity index (χ3n) is 2.87. The summed E-state index contributed by atoms with van der Waals surface area (Å²) in [4.78, 5) is 10.4. The smallest absolute Gasteiger partial charge is 0.316 e. The summed E-state index contributed by atoms with van der Waals surface area (Å²) in [7, 11) is 0. The van der Waals surface area contributed by atoms with Crippen LogP contribution in [0.5, 0.6) is 0 Å². The van der Waals surface area contributed by atoms with Crippen LogP contribution >= 0.6 is 23.2 Å². The summed E-state index contributed by atoms with van der Waals surface area (Å²) in [5.41, 5.74) is 0.981. The van der Waals surface area contributed by atoms with Gasteiger partial charge >= 0.3 is 5.69 Å². The highest BCUT2D eigenvalue weighted by Crippen LogP contribution is 2.64. The molecule has 2 atom stereocenters. The Morgan fingerprint density at radius 2 is 1.88 bits per heavy atom. The first-order valence-corrected chi connectivity index (χ1v) is 5.49. The van der Waals surface area contributed by atoms with Crippen molar-refractivity contribution in [2.75, 3.05) is 6.61 Å². The maximum atomic E-state index is 10.6. The molecule has 2 N–H and O–H groups in total. The minimum atomic E-state index is -0.938. The van der Waals surface area contributed by atoms with Gasteiger partial charge in [-0.1, -0.05) is 12.1 Å². The van der Waals surface area contributed by atoms with Crippen molar-refractivity contribution >= 4 is 28.9 Å². The first-order valence-electron chi connectivity index (χ1n) is 4.73. The van der Waals surface area contributed by atoms with Gasteiger partial charge in [0.2, 0.25) is 0 Å². The van der Waals surface area contributed by atoms with Gasteiger partial charge in [0.1, 0.15) is 4.33 Å². The van der Waals surface area contributed by atoms with Crippen LogP contribution in [0.15, 0.2) is 24.3 Å². The Kier molecular flexibility index (Phi) is 2.82. The monoisotopic (exact) mass is 262 g/mol. The Bertz CT molecular complexity index is 419. The number of alkyl halides is 2. The molecule has 0 amide bonds. The molecule has 1 aliphatic carbocycles. The average Bonchev–Trinajstić information content (AvgIpc) is 2.80. The van der Waals surface area contributed by atoms with Crippen molar-refractivity contribution in [1.82, 2.24) is 0 Å². The van der Waals surface area contributed by atoms with Gasteiger partial charge in [-0.3, -0.25) is 0 Å². The van der Waals surface area contributed by atoms with Crippen molar-refractivity contribution < 1.29 is 15.2 Å². The van der Waals surface area contributed by atoms with Gasteiger partial charge in [-0.25, -0.2) is 5.21 Å². The third-order valence-corrected chi connectivity index (χ3v) is 3.90. The maximum Gasteiger partial charge on any atom is 0.316 e. The van der Waals surface area contributed by atoms with Crippen LogP contribution in [0.1, 0.15) is 11.5 Å². The molecule has 1 saturated carbocycles. The van der Waals surface area contributed by atoms with Gasteiger partial charge in [-0.2, -0.15) is 0 Å². The summed E-state index contributed by atoms with van der Waals surface area (Å²) < 4.78 is -0.938. The summed E-state index contributed by atoms with van der Waals surface area (Å²) in [6, 6.07) is 6.27. The van der Waals surface area contributed by atoms with Crippen LogP contribution in [0.2, 0.25) is 0 Å². The molecule has 4 nitrogen and oxygen atoms in total. The molecule has 0 bridgehead atoms. The summed E-state index contributed by atoms with van der Waals surface area (Å²) in [6.07, 6.45) is 0. The quantitative estimate of drug-likeness (QED) is 0.650. The number of hydrogen-bond acceptors (Lipinski definition) is 2. The molecule has 0 heterocycles. The normalized spacial score (nSPS) is 26.4. The molecule has 86 valence electrons. The van der Waals surface area contributed by atoms with E-state index in [1.807, 2.05) is 0 Å². The van der Waals surface area contributed by atoms with Crippen LogP contribution in [-0.2, 0) is 0 Å². The lowest BCUT2D eigenvalue weighted by Crippen LogP contribution is -1.94. The van der Waals surface area contributed by atoms with Gasteiger partial charge < -0.3 is 5.11 Å². The van der Waals surface area contributed by atoms with Gasteiger partial charge in [0.05, 0.1) is 4.91 Å². The Morgan fingerprint density at radius 3 is 2.25 bits per heavy atom. The Labute approximate surface area is 102 Å². The van der Waals surface area contributed by atoms with E-state index in [0.717, 1.165) is 5.56 Å². The van der Waals surface area contributed by atoms with Crippen molar-refractivity contribution in [3.05, 3.63) is 34.7 Å². The van der Waals surface area contributed by atoms with Crippen LogP contribution < -0.4 is 0 Å². The van der Waals surface area contributed by atoms with Crippen LogP contribution in [0.25, 0.3) is 0 Å². The highest BCUT2D eigenvalue weighted by Gasteiger charge is 2.63. The topological polar surface area (TPSA) is 60.5 Å². The van der Waals surface area contributed by atoms with E-state index in [1.54, 1.807) is 12.1 Å². The van der Waals surface area contributed by atoms with Crippen LogP contribution in [0.4, 0.5) is 5.69 Å². The van der Waals surface area contributed by atoms with Gasteiger partial charge in [-0.15, -0.1) is 23.2 Å². The molecule has 0 spiro atoms. The Hall–Kier alpha value is -0.840. The Balaban J connectivity index is 2.21. The highest BCUT2D eigenvalue weighted by atomic mass is 35.5. The second-order valence-corrected chi connectivity index (χ2v) is 5.25. The molecule has 16 heavy (non-hydrogen) atoms. The summed E-state index contributed by atoms with van der Waals surface area (Å²) in [6.45, 7) is -0.0763. The zero-order chi connectivity index (χ0) is 11.9. The van der Waals surface area contributed by atoms with Crippen LogP contribution in [0.3, 0.4) is 0 Å². The number of rotatable bonds is 3. The first kappa shape index (κ1) is 11.6. The number of aliphatic hydroxyl groups excluding tert-OH is 1. The van der Waals surface area contributed by atoms with Crippen molar-refractivity contribution in [1.29, 1.82) is 0 Å². The summed E-state index contributed by atoms with van der Waals surface area (Å²) >= 11 is 12.0. The molecule has 6 heteroatoms. The van der Waals surface area contributed by atoms with Crippen molar-refractivity contribution in [3.8, 4) is 0 Å². The maximum absolute atomic E-state index is 10.6. The lowest BCUT2D eigenvalue weighted by Gasteiger charge is -1.98. The molecule has 0 radical (unpaired) electrons. The van der Waals surface area contributed by atoms with Crippen LogP contribution in [-0.4, -0.2) is 26.2 Å². The zero-order valence-electron chi connectivity index (χ0n) is 8.18. The van der Waals surface area contributed by atoms with E-state index < -0.39 is 4.33 Å². The minimum Gasteiger partial charge on any atom is -0.396 e. The summed E-state index contributed by atoms with van der Waals surface area (Å²) in [5.74, 6) is -0.312. The van der Waals surface area contributed by atoms with E-state index >= 15 is 0 Å². The second kappa shape index (κ2) is 3.87. The van der Waals surface area contributed by atoms with Crippen molar-refractivity contribution in [3.63, 3.8) is 0 Å². The fraction of sp³-hybridized carbons (Fsp3) is 0.400. The van der Waals surface area contributed by atoms with E-state index in [-0.39, 0.29) is 29.1 Å². The molecule has 2 unspecified atom stereocenters. The largest absolute Gasteiger partial charge is 0.396 e. The molecule has 0 aliphatic heterocycles. The average molecular weight is 263 g/mol. The predicted octanol–water partition coefficient (Wildman–Crippen LogP) is 2.37. The zero-order valence-corrected chi connectivity index (χ0v) is 9.69. The van der Waals surface area contributed by atoms with Crippen molar-refractivity contribution in [2.45, 2.75) is 10.3 Å². The van der Waals surface area contributed by atoms with Crippen LogP contribution in [0, 0.1) is 10.8 Å². The minimum absolute atomic E-state index is 0.0763. The lowest BCUT2D eigenvalue weighted by atomic mass is 10.1. The van der Waals surface area contributed by atoms with E-state index in [0.29, 0.717) is 0 Å². The van der Waals surface area contributed by atoms with Gasteiger partial charge in [0.25, 0.3) is 4.92 Å². The fourth-order valence-electron chi connectivity index (χ4n) is 1.88. The van der Waals surface area contributed by atoms with Gasteiger partial charge in [0, 0.05) is 30.6 Å². The van der Waals surface area contributed by atoms with Crippen molar-refractivity contribution in [2.24, 2.45) is 5.92 Å². The highest BCUT2D eigenvalue weighted by molar-refractivity contribution is 6.51. The molecule has 0 saturated heterocycles. The molecule has 2 rings (SSSR count).